The predicted octanol–water partition coefficient (Wildman–Crippen LogP) is 3.43. The summed E-state index contributed by atoms with van der Waals surface area (Å²) in [6, 6.07) is 12.0. The summed E-state index contributed by atoms with van der Waals surface area (Å²) in [6.07, 6.45) is 4.37. The number of carbonyl (C=O) groups is 1. The number of aromatic nitrogens is 1. The maximum atomic E-state index is 14.6. The van der Waals surface area contributed by atoms with Crippen LogP contribution in [0.3, 0.4) is 0 Å². The summed E-state index contributed by atoms with van der Waals surface area (Å²) in [7, 11) is 0. The lowest BCUT2D eigenvalue weighted by Crippen LogP contribution is -2.34. The number of pyridine rings is 1. The molecular weight excluding hydrogens is 307 g/mol. The molecule has 24 heavy (non-hydrogen) atoms. The fourth-order valence-corrected chi connectivity index (χ4v) is 3.24. The van der Waals surface area contributed by atoms with Crippen LogP contribution in [0.1, 0.15) is 24.8 Å². The molecule has 0 spiro atoms. The van der Waals surface area contributed by atoms with Gasteiger partial charge in [-0.2, -0.15) is 0 Å². The van der Waals surface area contributed by atoms with E-state index >= 15 is 0 Å². The minimum atomic E-state index is -1.40. The molecule has 1 saturated carbocycles. The van der Waals surface area contributed by atoms with E-state index in [9.17, 15) is 9.18 Å². The molecule has 1 aromatic heterocycles. The molecule has 0 aliphatic heterocycles. The number of benzene rings is 1. The molecule has 1 aromatic carbocycles. The molecule has 1 aliphatic rings. The lowest BCUT2D eigenvalue weighted by atomic mass is 10.0. The average Bonchev–Trinajstić information content (AvgIpc) is 2.99. The molecule has 126 valence electrons. The monoisotopic (exact) mass is 328 g/mol. The number of carboxylic acid groups (broad SMARTS) is 1. The van der Waals surface area contributed by atoms with Gasteiger partial charge < -0.3 is 10.4 Å². The van der Waals surface area contributed by atoms with Crippen molar-refractivity contribution in [3.05, 3.63) is 54.4 Å². The Morgan fingerprint density at radius 3 is 2.50 bits per heavy atom. The van der Waals surface area contributed by atoms with Crippen molar-refractivity contribution in [2.75, 3.05) is 6.54 Å². The first-order chi connectivity index (χ1) is 11.6. The number of carboxylic acids is 1. The molecular formula is C19H21FN2O2. The van der Waals surface area contributed by atoms with Crippen molar-refractivity contribution >= 4 is 5.97 Å². The van der Waals surface area contributed by atoms with E-state index < -0.39 is 17.6 Å². The number of hydrogen-bond acceptors (Lipinski definition) is 3. The number of nitrogens with one attached hydrogen (secondary N) is 1. The first-order valence-electron chi connectivity index (χ1n) is 8.17. The summed E-state index contributed by atoms with van der Waals surface area (Å²) in [4.78, 5) is 14.9. The van der Waals surface area contributed by atoms with E-state index in [1.165, 1.54) is 0 Å². The van der Waals surface area contributed by atoms with Crippen molar-refractivity contribution < 1.29 is 14.3 Å². The standard InChI is InChI=1S/C19H21FN2O2/c20-19(8-5-17(11-19)18(23)24)13-22-12-14-1-3-15(4-2-14)16-6-9-21-10-7-16/h1-4,6-7,9-10,17,22H,5,8,11-13H2,(H,23,24)/t17-,19+/m1/s1. The maximum absolute atomic E-state index is 14.6. The van der Waals surface area contributed by atoms with Gasteiger partial charge in [0.15, 0.2) is 0 Å². The number of halogens is 1. The number of alkyl halides is 1. The van der Waals surface area contributed by atoms with Gasteiger partial charge in [0.1, 0.15) is 5.67 Å². The van der Waals surface area contributed by atoms with Crippen molar-refractivity contribution in [1.82, 2.24) is 10.3 Å². The highest BCUT2D eigenvalue weighted by atomic mass is 19.1. The zero-order chi connectivity index (χ0) is 17.0. The van der Waals surface area contributed by atoms with E-state index in [-0.39, 0.29) is 13.0 Å². The Kier molecular flexibility index (Phi) is 4.90. The summed E-state index contributed by atoms with van der Waals surface area (Å²) in [5, 5.41) is 12.1. The number of aliphatic carboxylic acids is 1. The number of rotatable bonds is 6. The second-order valence-electron chi connectivity index (χ2n) is 6.47. The van der Waals surface area contributed by atoms with E-state index in [0.717, 1.165) is 16.7 Å². The summed E-state index contributed by atoms with van der Waals surface area (Å²) >= 11 is 0. The molecule has 0 bridgehead atoms. The Bertz CT molecular complexity index is 690. The van der Waals surface area contributed by atoms with Crippen LogP contribution < -0.4 is 5.32 Å². The highest BCUT2D eigenvalue weighted by Crippen LogP contribution is 2.37. The smallest absolute Gasteiger partial charge is 0.306 e. The minimum absolute atomic E-state index is 0.107. The third kappa shape index (κ3) is 3.97. The zero-order valence-electron chi connectivity index (χ0n) is 13.4. The highest BCUT2D eigenvalue weighted by Gasteiger charge is 2.41. The molecule has 1 aliphatic carbocycles. The fourth-order valence-electron chi connectivity index (χ4n) is 3.24. The Labute approximate surface area is 140 Å². The third-order valence-electron chi connectivity index (χ3n) is 4.64. The molecule has 2 atom stereocenters. The molecule has 0 amide bonds. The van der Waals surface area contributed by atoms with Gasteiger partial charge in [0, 0.05) is 25.5 Å². The van der Waals surface area contributed by atoms with Crippen LogP contribution in [-0.4, -0.2) is 28.3 Å². The lowest BCUT2D eigenvalue weighted by Gasteiger charge is -2.20. The van der Waals surface area contributed by atoms with Crippen molar-refractivity contribution in [2.24, 2.45) is 5.92 Å². The van der Waals surface area contributed by atoms with E-state index in [1.807, 2.05) is 36.4 Å². The molecule has 0 unspecified atom stereocenters. The summed E-state index contributed by atoms with van der Waals surface area (Å²) in [5.41, 5.74) is 1.89. The van der Waals surface area contributed by atoms with Crippen LogP contribution in [0.25, 0.3) is 11.1 Å². The summed E-state index contributed by atoms with van der Waals surface area (Å²) in [5.74, 6) is -1.43. The molecule has 2 aromatic rings. The van der Waals surface area contributed by atoms with E-state index in [0.29, 0.717) is 19.4 Å². The first-order valence-corrected chi connectivity index (χ1v) is 8.17. The van der Waals surface area contributed by atoms with E-state index in [1.54, 1.807) is 12.4 Å². The van der Waals surface area contributed by atoms with Crippen LogP contribution in [0.5, 0.6) is 0 Å². The minimum Gasteiger partial charge on any atom is -0.481 e. The Morgan fingerprint density at radius 2 is 1.88 bits per heavy atom. The molecule has 3 rings (SSSR count). The SMILES string of the molecule is O=C(O)[C@@H]1CC[C@@](F)(CNCc2ccc(-c3ccncc3)cc2)C1. The Morgan fingerprint density at radius 1 is 1.21 bits per heavy atom. The van der Waals surface area contributed by atoms with Gasteiger partial charge in [0.2, 0.25) is 0 Å². The van der Waals surface area contributed by atoms with Gasteiger partial charge in [-0.3, -0.25) is 9.78 Å². The summed E-state index contributed by atoms with van der Waals surface area (Å²) in [6.45, 7) is 0.767. The molecule has 4 nitrogen and oxygen atoms in total. The van der Waals surface area contributed by atoms with Gasteiger partial charge in [-0.15, -0.1) is 0 Å². The van der Waals surface area contributed by atoms with Gasteiger partial charge in [0.25, 0.3) is 0 Å². The van der Waals surface area contributed by atoms with Crippen molar-refractivity contribution in [1.29, 1.82) is 0 Å². The highest BCUT2D eigenvalue weighted by molar-refractivity contribution is 5.70. The van der Waals surface area contributed by atoms with Crippen LogP contribution in [0.4, 0.5) is 4.39 Å². The zero-order valence-corrected chi connectivity index (χ0v) is 13.4. The normalized spacial score (nSPS) is 23.3. The van der Waals surface area contributed by atoms with Crippen molar-refractivity contribution in [3.8, 4) is 11.1 Å². The van der Waals surface area contributed by atoms with Crippen LogP contribution in [0, 0.1) is 5.92 Å². The number of nitrogens with zero attached hydrogens (tertiary/aromatic N) is 1. The van der Waals surface area contributed by atoms with Crippen molar-refractivity contribution in [2.45, 2.75) is 31.5 Å². The van der Waals surface area contributed by atoms with Gasteiger partial charge in [-0.25, -0.2) is 4.39 Å². The van der Waals surface area contributed by atoms with Crippen LogP contribution in [0.15, 0.2) is 48.8 Å². The first kappa shape index (κ1) is 16.6. The lowest BCUT2D eigenvalue weighted by molar-refractivity contribution is -0.141. The molecule has 5 heteroatoms. The van der Waals surface area contributed by atoms with Gasteiger partial charge >= 0.3 is 5.97 Å². The average molecular weight is 328 g/mol. The quantitative estimate of drug-likeness (QED) is 0.853. The largest absolute Gasteiger partial charge is 0.481 e. The molecule has 2 N–H and O–H groups in total. The van der Waals surface area contributed by atoms with Crippen LogP contribution >= 0.6 is 0 Å². The predicted molar refractivity (Wildman–Crippen MR) is 90.2 cm³/mol. The number of hydrogen-bond donors (Lipinski definition) is 2. The third-order valence-corrected chi connectivity index (χ3v) is 4.64. The van der Waals surface area contributed by atoms with Crippen LogP contribution in [0.2, 0.25) is 0 Å². The van der Waals surface area contributed by atoms with Crippen molar-refractivity contribution in [3.63, 3.8) is 0 Å². The van der Waals surface area contributed by atoms with Gasteiger partial charge in [-0.05, 0) is 48.1 Å². The van der Waals surface area contributed by atoms with Gasteiger partial charge in [0.05, 0.1) is 5.92 Å². The van der Waals surface area contributed by atoms with E-state index in [2.05, 4.69) is 10.3 Å². The second kappa shape index (κ2) is 7.09. The van der Waals surface area contributed by atoms with E-state index in [4.69, 9.17) is 5.11 Å². The molecule has 0 radical (unpaired) electrons. The van der Waals surface area contributed by atoms with Gasteiger partial charge in [-0.1, -0.05) is 24.3 Å². The maximum Gasteiger partial charge on any atom is 0.306 e. The summed E-state index contributed by atoms with van der Waals surface area (Å²) < 4.78 is 14.6. The Hall–Kier alpha value is -2.27. The fraction of sp³-hybridized carbons (Fsp3) is 0.368. The molecule has 1 heterocycles. The topological polar surface area (TPSA) is 62.2 Å². The van der Waals surface area contributed by atoms with Crippen LogP contribution in [-0.2, 0) is 11.3 Å². The Balaban J connectivity index is 1.52. The second-order valence-corrected chi connectivity index (χ2v) is 6.47. The molecule has 1 fully saturated rings. The molecule has 0 saturated heterocycles.